The summed E-state index contributed by atoms with van der Waals surface area (Å²) < 4.78 is 5.39. The average Bonchev–Trinajstić information content (AvgIpc) is 3.10. The van der Waals surface area contributed by atoms with Crippen LogP contribution in [0.25, 0.3) is 0 Å². The maximum atomic E-state index is 12.6. The topological polar surface area (TPSA) is 63.2 Å². The third-order valence-electron chi connectivity index (χ3n) is 4.49. The fourth-order valence-electron chi connectivity index (χ4n) is 3.41. The van der Waals surface area contributed by atoms with Crippen LogP contribution in [0.3, 0.4) is 0 Å². The average molecular weight is 303 g/mol. The normalized spacial score (nSPS) is 22.6. The number of ether oxygens (including phenoxy) is 1. The van der Waals surface area contributed by atoms with Gasteiger partial charge in [0, 0.05) is 0 Å². The Bertz CT molecular complexity index is 550. The van der Waals surface area contributed by atoms with Crippen molar-refractivity contribution in [3.05, 3.63) is 24.3 Å². The fourth-order valence-corrected chi connectivity index (χ4v) is 3.41. The van der Waals surface area contributed by atoms with E-state index in [1.807, 2.05) is 6.92 Å². The largest absolute Gasteiger partial charge is 0.494 e. The van der Waals surface area contributed by atoms with Crippen LogP contribution in [0.15, 0.2) is 24.3 Å². The molecule has 1 aromatic rings. The monoisotopic (exact) mass is 303 g/mol. The van der Waals surface area contributed by atoms with E-state index in [-0.39, 0.29) is 17.9 Å². The van der Waals surface area contributed by atoms with Gasteiger partial charge in [-0.1, -0.05) is 0 Å². The molecular formula is C17H23N2O3+. The van der Waals surface area contributed by atoms with Crippen molar-refractivity contribution >= 4 is 17.5 Å². The van der Waals surface area contributed by atoms with Crippen molar-refractivity contribution in [3.8, 4) is 5.75 Å². The molecule has 0 bridgehead atoms. The summed E-state index contributed by atoms with van der Waals surface area (Å²) in [6.45, 7) is 2.52. The van der Waals surface area contributed by atoms with E-state index in [9.17, 15) is 9.59 Å². The number of nitrogens with two attached hydrogens (primary N) is 1. The van der Waals surface area contributed by atoms with Crippen LogP contribution in [0.2, 0.25) is 0 Å². The van der Waals surface area contributed by atoms with Crippen molar-refractivity contribution in [2.24, 2.45) is 0 Å². The van der Waals surface area contributed by atoms with Crippen molar-refractivity contribution < 1.29 is 19.6 Å². The first-order chi connectivity index (χ1) is 10.7. The van der Waals surface area contributed by atoms with Gasteiger partial charge >= 0.3 is 0 Å². The smallest absolute Gasteiger partial charge is 0.292 e. The second kappa shape index (κ2) is 6.48. The van der Waals surface area contributed by atoms with Gasteiger partial charge in [0.05, 0.1) is 24.8 Å². The first kappa shape index (κ1) is 15.0. The molecule has 5 heteroatoms. The van der Waals surface area contributed by atoms with Crippen molar-refractivity contribution in [3.63, 3.8) is 0 Å². The fraction of sp³-hybridized carbons (Fsp3) is 0.529. The SMILES string of the molecule is CCOc1ccc(N2C(=O)C[C@@H]([NH2+]C3CCCC3)C2=O)cc1. The zero-order chi connectivity index (χ0) is 15.5. The number of nitrogens with zero attached hydrogens (tertiary/aromatic N) is 1. The number of imide groups is 1. The third kappa shape index (κ3) is 2.99. The van der Waals surface area contributed by atoms with E-state index in [4.69, 9.17) is 4.74 Å². The summed E-state index contributed by atoms with van der Waals surface area (Å²) in [6, 6.07) is 7.40. The van der Waals surface area contributed by atoms with E-state index >= 15 is 0 Å². The van der Waals surface area contributed by atoms with Crippen LogP contribution in [-0.4, -0.2) is 30.5 Å². The standard InChI is InChI=1S/C17H22N2O3/c1-2-22-14-9-7-13(8-10-14)19-16(20)11-15(17(19)21)18-12-5-3-4-6-12/h7-10,12,15,18H,2-6,11H2,1H3/p+1/t15-/m1/s1. The number of quaternary nitrogens is 1. The lowest BCUT2D eigenvalue weighted by atomic mass is 10.2. The van der Waals surface area contributed by atoms with Gasteiger partial charge in [0.25, 0.3) is 5.91 Å². The molecule has 1 aromatic carbocycles. The van der Waals surface area contributed by atoms with Gasteiger partial charge in [-0.05, 0) is 56.9 Å². The number of carbonyl (C=O) groups excluding carboxylic acids is 2. The molecule has 0 aromatic heterocycles. The van der Waals surface area contributed by atoms with Crippen molar-refractivity contribution in [2.45, 2.75) is 51.1 Å². The first-order valence-corrected chi connectivity index (χ1v) is 8.13. The molecule has 0 spiro atoms. The Morgan fingerprint density at radius 2 is 1.86 bits per heavy atom. The minimum absolute atomic E-state index is 0.0824. The zero-order valence-corrected chi connectivity index (χ0v) is 13.0. The van der Waals surface area contributed by atoms with Gasteiger partial charge in [0.1, 0.15) is 5.75 Å². The molecular weight excluding hydrogens is 280 g/mol. The van der Waals surface area contributed by atoms with Crippen LogP contribution in [-0.2, 0) is 9.59 Å². The quantitative estimate of drug-likeness (QED) is 0.832. The summed E-state index contributed by atoms with van der Waals surface area (Å²) in [5, 5.41) is 2.11. The number of anilines is 1. The van der Waals surface area contributed by atoms with Gasteiger partial charge in [-0.15, -0.1) is 0 Å². The molecule has 2 N–H and O–H groups in total. The van der Waals surface area contributed by atoms with E-state index in [2.05, 4.69) is 5.32 Å². The minimum atomic E-state index is -0.248. The molecule has 1 aliphatic carbocycles. The molecule has 1 heterocycles. The van der Waals surface area contributed by atoms with Gasteiger partial charge in [0.15, 0.2) is 6.04 Å². The molecule has 2 aliphatic rings. The highest BCUT2D eigenvalue weighted by Gasteiger charge is 2.43. The number of amides is 2. The zero-order valence-electron chi connectivity index (χ0n) is 13.0. The Kier molecular flexibility index (Phi) is 4.43. The molecule has 1 saturated carbocycles. The van der Waals surface area contributed by atoms with Crippen molar-refractivity contribution in [1.29, 1.82) is 0 Å². The molecule has 1 atom stereocenters. The number of carbonyl (C=O) groups is 2. The van der Waals surface area contributed by atoms with E-state index < -0.39 is 0 Å². The molecule has 2 fully saturated rings. The highest BCUT2D eigenvalue weighted by Crippen LogP contribution is 2.25. The Balaban J connectivity index is 1.70. The van der Waals surface area contributed by atoms with Gasteiger partial charge in [-0.3, -0.25) is 9.59 Å². The van der Waals surface area contributed by atoms with Crippen LogP contribution < -0.4 is 15.0 Å². The van der Waals surface area contributed by atoms with Gasteiger partial charge in [-0.2, -0.15) is 0 Å². The second-order valence-corrected chi connectivity index (χ2v) is 6.04. The van der Waals surface area contributed by atoms with Crippen LogP contribution in [0.4, 0.5) is 5.69 Å². The molecule has 22 heavy (non-hydrogen) atoms. The summed E-state index contributed by atoms with van der Waals surface area (Å²) in [5.74, 6) is 0.564. The summed E-state index contributed by atoms with van der Waals surface area (Å²) in [5.41, 5.74) is 0.640. The number of hydrogen-bond acceptors (Lipinski definition) is 3. The lowest BCUT2D eigenvalue weighted by Gasteiger charge is -2.16. The highest BCUT2D eigenvalue weighted by atomic mass is 16.5. The van der Waals surface area contributed by atoms with Gasteiger partial charge < -0.3 is 10.1 Å². The molecule has 3 rings (SSSR count). The highest BCUT2D eigenvalue weighted by molar-refractivity contribution is 6.21. The molecule has 118 valence electrons. The molecule has 1 saturated heterocycles. The van der Waals surface area contributed by atoms with E-state index in [0.29, 0.717) is 24.8 Å². The second-order valence-electron chi connectivity index (χ2n) is 6.04. The van der Waals surface area contributed by atoms with E-state index in [1.54, 1.807) is 24.3 Å². The van der Waals surface area contributed by atoms with E-state index in [0.717, 1.165) is 18.6 Å². The Morgan fingerprint density at radius 1 is 1.18 bits per heavy atom. The molecule has 1 aliphatic heterocycles. The molecule has 0 unspecified atom stereocenters. The van der Waals surface area contributed by atoms with Crippen LogP contribution in [0.5, 0.6) is 5.75 Å². The molecule has 2 amide bonds. The predicted octanol–water partition coefficient (Wildman–Crippen LogP) is 1.22. The Hall–Kier alpha value is -1.88. The Morgan fingerprint density at radius 3 is 2.50 bits per heavy atom. The molecule has 5 nitrogen and oxygen atoms in total. The first-order valence-electron chi connectivity index (χ1n) is 8.13. The van der Waals surface area contributed by atoms with Crippen molar-refractivity contribution in [2.75, 3.05) is 11.5 Å². The Labute approximate surface area is 130 Å². The predicted molar refractivity (Wildman–Crippen MR) is 82.7 cm³/mol. The van der Waals surface area contributed by atoms with Crippen LogP contribution in [0, 0.1) is 0 Å². The maximum Gasteiger partial charge on any atom is 0.292 e. The minimum Gasteiger partial charge on any atom is -0.494 e. The van der Waals surface area contributed by atoms with Gasteiger partial charge in [-0.25, -0.2) is 4.90 Å². The summed E-state index contributed by atoms with van der Waals surface area (Å²) >= 11 is 0. The lowest BCUT2D eigenvalue weighted by molar-refractivity contribution is -0.706. The number of rotatable bonds is 5. The van der Waals surface area contributed by atoms with Crippen LogP contribution in [0.1, 0.15) is 39.0 Å². The third-order valence-corrected chi connectivity index (χ3v) is 4.49. The number of hydrogen-bond donors (Lipinski definition) is 1. The number of benzene rings is 1. The summed E-state index contributed by atoms with van der Waals surface area (Å²) in [6.07, 6.45) is 5.09. The van der Waals surface area contributed by atoms with Gasteiger partial charge in [0.2, 0.25) is 5.91 Å². The van der Waals surface area contributed by atoms with Crippen LogP contribution >= 0.6 is 0 Å². The maximum absolute atomic E-state index is 12.6. The lowest BCUT2D eigenvalue weighted by Crippen LogP contribution is -2.95. The summed E-state index contributed by atoms with van der Waals surface area (Å²) in [7, 11) is 0. The van der Waals surface area contributed by atoms with E-state index in [1.165, 1.54) is 17.7 Å². The molecule has 0 radical (unpaired) electrons. The van der Waals surface area contributed by atoms with Crippen molar-refractivity contribution in [1.82, 2.24) is 0 Å². The summed E-state index contributed by atoms with van der Waals surface area (Å²) in [4.78, 5) is 26.1.